The minimum Gasteiger partial charge on any atom is -0.330 e. The zero-order valence-electron chi connectivity index (χ0n) is 5.63. The molecule has 56 valence electrons. The van der Waals surface area contributed by atoms with Gasteiger partial charge in [-0.25, -0.2) is 0 Å². The van der Waals surface area contributed by atoms with Crippen molar-refractivity contribution in [2.45, 2.75) is 13.0 Å². The molecule has 1 rings (SSSR count). The molecule has 0 aliphatic heterocycles. The Balaban J connectivity index is 2.49. The van der Waals surface area contributed by atoms with E-state index in [1.54, 1.807) is 6.20 Å². The molecule has 0 amide bonds. The van der Waals surface area contributed by atoms with Crippen molar-refractivity contribution in [2.24, 2.45) is 5.73 Å². The highest BCUT2D eigenvalue weighted by molar-refractivity contribution is 9.10. The first-order valence-electron chi connectivity index (χ1n) is 3.22. The lowest BCUT2D eigenvalue weighted by Crippen LogP contribution is -2.06. The van der Waals surface area contributed by atoms with Gasteiger partial charge in [0.2, 0.25) is 0 Å². The summed E-state index contributed by atoms with van der Waals surface area (Å²) >= 11 is 3.36. The summed E-state index contributed by atoms with van der Waals surface area (Å²) < 4.78 is 2.90. The van der Waals surface area contributed by atoms with Crippen LogP contribution in [0, 0.1) is 0 Å². The number of nitrogens with two attached hydrogens (primary N) is 1. The number of aryl methyl sites for hydroxylation is 1. The molecule has 1 aromatic heterocycles. The van der Waals surface area contributed by atoms with E-state index in [1.807, 2.05) is 10.7 Å². The van der Waals surface area contributed by atoms with Crippen LogP contribution in [0.2, 0.25) is 0 Å². The molecule has 3 nitrogen and oxygen atoms in total. The van der Waals surface area contributed by atoms with Gasteiger partial charge in [0.05, 0.1) is 6.20 Å². The van der Waals surface area contributed by atoms with Crippen molar-refractivity contribution in [3.63, 3.8) is 0 Å². The predicted molar refractivity (Wildman–Crippen MR) is 43.6 cm³/mol. The maximum atomic E-state index is 5.34. The summed E-state index contributed by atoms with van der Waals surface area (Å²) in [7, 11) is 0. The Morgan fingerprint density at radius 3 is 3.00 bits per heavy atom. The van der Waals surface area contributed by atoms with Crippen LogP contribution < -0.4 is 5.73 Å². The molecule has 0 fully saturated rings. The van der Waals surface area contributed by atoms with E-state index in [-0.39, 0.29) is 0 Å². The van der Waals surface area contributed by atoms with Crippen molar-refractivity contribution >= 4 is 15.9 Å². The van der Waals surface area contributed by atoms with Gasteiger partial charge in [0, 0.05) is 6.54 Å². The average Bonchev–Trinajstić information content (AvgIpc) is 2.31. The fraction of sp³-hybridized carbons (Fsp3) is 0.500. The highest BCUT2D eigenvalue weighted by Gasteiger charge is 1.95. The third kappa shape index (κ3) is 1.82. The van der Waals surface area contributed by atoms with Crippen LogP contribution in [-0.2, 0) is 6.54 Å². The number of halogens is 1. The van der Waals surface area contributed by atoms with Gasteiger partial charge in [-0.3, -0.25) is 4.68 Å². The van der Waals surface area contributed by atoms with Gasteiger partial charge in [-0.1, -0.05) is 0 Å². The summed E-state index contributed by atoms with van der Waals surface area (Å²) in [6.45, 7) is 1.61. The minimum absolute atomic E-state index is 0.715. The van der Waals surface area contributed by atoms with Crippen molar-refractivity contribution in [2.75, 3.05) is 6.54 Å². The number of rotatable bonds is 3. The minimum atomic E-state index is 0.715. The molecule has 0 aliphatic carbocycles. The van der Waals surface area contributed by atoms with Crippen molar-refractivity contribution < 1.29 is 0 Å². The lowest BCUT2D eigenvalue weighted by atomic mass is 10.4. The molecule has 0 atom stereocenters. The van der Waals surface area contributed by atoms with Crippen LogP contribution in [0.3, 0.4) is 0 Å². The molecule has 0 spiro atoms. The highest BCUT2D eigenvalue weighted by Crippen LogP contribution is 2.07. The third-order valence-corrected chi connectivity index (χ3v) is 1.91. The number of hydrogen-bond donors (Lipinski definition) is 1. The fourth-order valence-corrected chi connectivity index (χ4v) is 1.11. The second kappa shape index (κ2) is 3.73. The average molecular weight is 204 g/mol. The van der Waals surface area contributed by atoms with E-state index in [2.05, 4.69) is 21.0 Å². The molecule has 0 saturated heterocycles. The van der Waals surface area contributed by atoms with E-state index in [1.165, 1.54) is 0 Å². The summed E-state index contributed by atoms with van der Waals surface area (Å²) in [5.41, 5.74) is 5.34. The Morgan fingerprint density at radius 2 is 2.50 bits per heavy atom. The first-order chi connectivity index (χ1) is 4.84. The third-order valence-electron chi connectivity index (χ3n) is 1.24. The fourth-order valence-electron chi connectivity index (χ4n) is 0.722. The first-order valence-corrected chi connectivity index (χ1v) is 4.01. The van der Waals surface area contributed by atoms with Crippen molar-refractivity contribution in [3.8, 4) is 0 Å². The van der Waals surface area contributed by atoms with Crippen LogP contribution in [0.4, 0.5) is 0 Å². The van der Waals surface area contributed by atoms with Gasteiger partial charge in [-0.05, 0) is 35.0 Å². The van der Waals surface area contributed by atoms with Crippen LogP contribution in [-0.4, -0.2) is 16.3 Å². The van der Waals surface area contributed by atoms with Crippen molar-refractivity contribution in [1.29, 1.82) is 0 Å². The zero-order valence-corrected chi connectivity index (χ0v) is 7.21. The topological polar surface area (TPSA) is 43.8 Å². The van der Waals surface area contributed by atoms with Gasteiger partial charge in [0.25, 0.3) is 0 Å². The monoisotopic (exact) mass is 203 g/mol. The Morgan fingerprint density at radius 1 is 1.70 bits per heavy atom. The SMILES string of the molecule is NCCCn1nccc1Br. The Kier molecular flexibility index (Phi) is 2.89. The van der Waals surface area contributed by atoms with Gasteiger partial charge in [-0.15, -0.1) is 0 Å². The molecule has 0 saturated carbocycles. The van der Waals surface area contributed by atoms with E-state index >= 15 is 0 Å². The second-order valence-electron chi connectivity index (χ2n) is 2.02. The summed E-state index contributed by atoms with van der Waals surface area (Å²) in [5, 5.41) is 4.07. The number of nitrogens with zero attached hydrogens (tertiary/aromatic N) is 2. The Bertz CT molecular complexity index is 197. The quantitative estimate of drug-likeness (QED) is 0.797. The van der Waals surface area contributed by atoms with E-state index in [4.69, 9.17) is 5.73 Å². The lowest BCUT2D eigenvalue weighted by molar-refractivity contribution is 0.574. The van der Waals surface area contributed by atoms with Crippen LogP contribution in [0.15, 0.2) is 16.9 Å². The molecule has 1 aromatic rings. The van der Waals surface area contributed by atoms with Gasteiger partial charge in [-0.2, -0.15) is 5.10 Å². The molecule has 0 bridgehead atoms. The highest BCUT2D eigenvalue weighted by atomic mass is 79.9. The van der Waals surface area contributed by atoms with E-state index in [0.717, 1.165) is 17.6 Å². The summed E-state index contributed by atoms with van der Waals surface area (Å²) in [6, 6.07) is 1.91. The Labute approximate surface area is 68.3 Å². The molecule has 0 unspecified atom stereocenters. The lowest BCUT2D eigenvalue weighted by Gasteiger charge is -1.99. The van der Waals surface area contributed by atoms with Crippen molar-refractivity contribution in [3.05, 3.63) is 16.9 Å². The zero-order chi connectivity index (χ0) is 7.40. The molecule has 0 aliphatic rings. The second-order valence-corrected chi connectivity index (χ2v) is 2.83. The standard InChI is InChI=1S/C6H10BrN3/c7-6-2-4-9-10(6)5-1-3-8/h2,4H,1,3,5,8H2. The maximum Gasteiger partial charge on any atom is 0.104 e. The smallest absolute Gasteiger partial charge is 0.104 e. The van der Waals surface area contributed by atoms with Crippen LogP contribution in [0.25, 0.3) is 0 Å². The molecule has 4 heteroatoms. The summed E-state index contributed by atoms with van der Waals surface area (Å²) in [6.07, 6.45) is 2.74. The molecule has 0 aromatic carbocycles. The van der Waals surface area contributed by atoms with Gasteiger partial charge >= 0.3 is 0 Å². The van der Waals surface area contributed by atoms with E-state index in [9.17, 15) is 0 Å². The summed E-state index contributed by atoms with van der Waals surface area (Å²) in [5.74, 6) is 0. The van der Waals surface area contributed by atoms with Gasteiger partial charge < -0.3 is 5.73 Å². The molecule has 1 heterocycles. The molecular formula is C6H10BrN3. The van der Waals surface area contributed by atoms with Crippen LogP contribution >= 0.6 is 15.9 Å². The number of aromatic nitrogens is 2. The Hall–Kier alpha value is -0.350. The van der Waals surface area contributed by atoms with Crippen LogP contribution in [0.1, 0.15) is 6.42 Å². The van der Waals surface area contributed by atoms with E-state index in [0.29, 0.717) is 6.54 Å². The first kappa shape index (κ1) is 7.75. The largest absolute Gasteiger partial charge is 0.330 e. The predicted octanol–water partition coefficient (Wildman–Crippen LogP) is 0.994. The molecule has 2 N–H and O–H groups in total. The molecule has 0 radical (unpaired) electrons. The molecule has 10 heavy (non-hydrogen) atoms. The summed E-state index contributed by atoms with van der Waals surface area (Å²) in [4.78, 5) is 0. The number of hydrogen-bond acceptors (Lipinski definition) is 2. The normalized spacial score (nSPS) is 10.2. The van der Waals surface area contributed by atoms with Gasteiger partial charge in [0.15, 0.2) is 0 Å². The van der Waals surface area contributed by atoms with Crippen molar-refractivity contribution in [1.82, 2.24) is 9.78 Å². The molecular weight excluding hydrogens is 194 g/mol. The van der Waals surface area contributed by atoms with Crippen LogP contribution in [0.5, 0.6) is 0 Å². The van der Waals surface area contributed by atoms with E-state index < -0.39 is 0 Å². The maximum absolute atomic E-state index is 5.34. The van der Waals surface area contributed by atoms with Gasteiger partial charge in [0.1, 0.15) is 4.60 Å².